The number of amides is 1. The number of nitrogens with zero attached hydrogens (tertiary/aromatic N) is 3. The van der Waals surface area contributed by atoms with Crippen molar-refractivity contribution in [3.63, 3.8) is 0 Å². The fourth-order valence-corrected chi connectivity index (χ4v) is 4.22. The van der Waals surface area contributed by atoms with E-state index in [9.17, 15) is 9.59 Å². The van der Waals surface area contributed by atoms with Crippen LogP contribution in [0.4, 0.5) is 0 Å². The van der Waals surface area contributed by atoms with Crippen molar-refractivity contribution in [3.05, 3.63) is 107 Å². The molecular weight excluding hydrogens is 452 g/mol. The number of nitrogens with one attached hydrogen (secondary N) is 1. The average Bonchev–Trinajstić information content (AvgIpc) is 2.92. The molecule has 1 unspecified atom stereocenters. The molecule has 4 rings (SSSR count). The Labute approximate surface area is 211 Å². The molecule has 7 nitrogen and oxygen atoms in total. The normalized spacial score (nSPS) is 11.8. The number of likely N-dealkylation sites (N-methyl/N-ethyl adjacent to an activating group) is 1. The standard InChI is InChI=1S/C29H32N4O3/c1-32(29(35)23-7-4-3-5-8-23)19-18-31-26(22-14-16-30-17-15-22)9-6-20-36-25-11-12-27-24(21-25)10-13-28(34)33(27)2/h3-5,7-8,10-17,21,26,31H,6,9,18-20H2,1-2H3. The molecule has 0 aliphatic rings. The molecule has 1 amide bonds. The van der Waals surface area contributed by atoms with Crippen molar-refractivity contribution in [1.82, 2.24) is 19.8 Å². The van der Waals surface area contributed by atoms with Crippen molar-refractivity contribution in [2.75, 3.05) is 26.7 Å². The van der Waals surface area contributed by atoms with E-state index in [1.807, 2.05) is 73.8 Å². The highest BCUT2D eigenvalue weighted by atomic mass is 16.5. The summed E-state index contributed by atoms with van der Waals surface area (Å²) in [7, 11) is 3.60. The van der Waals surface area contributed by atoms with Gasteiger partial charge in [0.25, 0.3) is 11.5 Å². The number of fused-ring (bicyclic) bond motifs is 1. The molecule has 2 aromatic carbocycles. The van der Waals surface area contributed by atoms with E-state index in [0.29, 0.717) is 25.3 Å². The van der Waals surface area contributed by atoms with Gasteiger partial charge >= 0.3 is 0 Å². The number of aromatic nitrogens is 2. The summed E-state index contributed by atoms with van der Waals surface area (Å²) in [5.41, 5.74) is 2.71. The molecule has 4 aromatic rings. The summed E-state index contributed by atoms with van der Waals surface area (Å²) in [6.07, 6.45) is 5.33. The van der Waals surface area contributed by atoms with Gasteiger partial charge in [0.1, 0.15) is 5.75 Å². The summed E-state index contributed by atoms with van der Waals surface area (Å²) in [5, 5.41) is 4.57. The number of carbonyl (C=O) groups is 1. The van der Waals surface area contributed by atoms with Gasteiger partial charge in [-0.15, -0.1) is 0 Å². The van der Waals surface area contributed by atoms with Crippen molar-refractivity contribution in [1.29, 1.82) is 0 Å². The fraction of sp³-hybridized carbons (Fsp3) is 0.276. The Morgan fingerprint density at radius 1 is 1.06 bits per heavy atom. The van der Waals surface area contributed by atoms with Crippen LogP contribution in [0.25, 0.3) is 10.9 Å². The SMILES string of the molecule is CN(CCNC(CCCOc1ccc2c(ccc(=O)n2C)c1)c1ccncc1)C(=O)c1ccccc1. The first-order chi connectivity index (χ1) is 17.5. The predicted octanol–water partition coefficient (Wildman–Crippen LogP) is 4.20. The minimum atomic E-state index is -0.0264. The first-order valence-electron chi connectivity index (χ1n) is 12.2. The van der Waals surface area contributed by atoms with Gasteiger partial charge in [0.15, 0.2) is 0 Å². The van der Waals surface area contributed by atoms with Crippen LogP contribution in [0.1, 0.15) is 34.8 Å². The van der Waals surface area contributed by atoms with Crippen LogP contribution in [0.2, 0.25) is 0 Å². The Morgan fingerprint density at radius 2 is 1.83 bits per heavy atom. The predicted molar refractivity (Wildman–Crippen MR) is 142 cm³/mol. The summed E-state index contributed by atoms with van der Waals surface area (Å²) in [5.74, 6) is 0.803. The van der Waals surface area contributed by atoms with Crippen LogP contribution in [0, 0.1) is 0 Å². The van der Waals surface area contributed by atoms with Gasteiger partial charge in [0.2, 0.25) is 0 Å². The van der Waals surface area contributed by atoms with E-state index in [4.69, 9.17) is 4.74 Å². The van der Waals surface area contributed by atoms with E-state index in [2.05, 4.69) is 10.3 Å². The lowest BCUT2D eigenvalue weighted by Gasteiger charge is -2.22. The molecule has 0 saturated carbocycles. The van der Waals surface area contributed by atoms with Gasteiger partial charge in [-0.1, -0.05) is 18.2 Å². The molecule has 0 saturated heterocycles. The fourth-order valence-electron chi connectivity index (χ4n) is 4.22. The van der Waals surface area contributed by atoms with Crippen LogP contribution in [-0.2, 0) is 7.05 Å². The minimum Gasteiger partial charge on any atom is -0.494 e. The molecule has 0 aliphatic heterocycles. The monoisotopic (exact) mass is 484 g/mol. The summed E-state index contributed by atoms with van der Waals surface area (Å²) >= 11 is 0. The third kappa shape index (κ3) is 6.37. The molecule has 36 heavy (non-hydrogen) atoms. The summed E-state index contributed by atoms with van der Waals surface area (Å²) in [4.78, 5) is 30.3. The highest BCUT2D eigenvalue weighted by Gasteiger charge is 2.14. The highest BCUT2D eigenvalue weighted by molar-refractivity contribution is 5.94. The number of benzene rings is 2. The molecule has 0 spiro atoms. The second-order valence-electron chi connectivity index (χ2n) is 8.82. The van der Waals surface area contributed by atoms with Crippen LogP contribution in [0.3, 0.4) is 0 Å². The van der Waals surface area contributed by atoms with Gasteiger partial charge in [-0.3, -0.25) is 14.6 Å². The third-order valence-corrected chi connectivity index (χ3v) is 6.32. The zero-order chi connectivity index (χ0) is 25.3. The van der Waals surface area contributed by atoms with Gasteiger partial charge in [0.05, 0.1) is 12.1 Å². The Morgan fingerprint density at radius 3 is 2.61 bits per heavy atom. The minimum absolute atomic E-state index is 0.0155. The molecule has 0 bridgehead atoms. The highest BCUT2D eigenvalue weighted by Crippen LogP contribution is 2.21. The quantitative estimate of drug-likeness (QED) is 0.323. The maximum Gasteiger partial charge on any atom is 0.253 e. The lowest BCUT2D eigenvalue weighted by molar-refractivity contribution is 0.0795. The molecule has 0 radical (unpaired) electrons. The van der Waals surface area contributed by atoms with Crippen LogP contribution < -0.4 is 15.6 Å². The maximum atomic E-state index is 12.6. The Bertz CT molecular complexity index is 1340. The van der Waals surface area contributed by atoms with Crippen molar-refractivity contribution in [3.8, 4) is 5.75 Å². The number of hydrogen-bond acceptors (Lipinski definition) is 5. The van der Waals surface area contributed by atoms with Crippen LogP contribution in [-0.4, -0.2) is 47.1 Å². The first kappa shape index (κ1) is 25.1. The molecule has 1 N–H and O–H groups in total. The number of ether oxygens (including phenoxy) is 1. The smallest absolute Gasteiger partial charge is 0.253 e. The van der Waals surface area contributed by atoms with Gasteiger partial charge in [-0.25, -0.2) is 0 Å². The number of carbonyl (C=O) groups excluding carboxylic acids is 1. The summed E-state index contributed by atoms with van der Waals surface area (Å²) < 4.78 is 7.65. The van der Waals surface area contributed by atoms with E-state index >= 15 is 0 Å². The van der Waals surface area contributed by atoms with Crippen molar-refractivity contribution in [2.24, 2.45) is 7.05 Å². The van der Waals surface area contributed by atoms with Gasteiger partial charge in [-0.2, -0.15) is 0 Å². The topological polar surface area (TPSA) is 76.5 Å². The van der Waals surface area contributed by atoms with E-state index in [-0.39, 0.29) is 17.5 Å². The first-order valence-corrected chi connectivity index (χ1v) is 12.2. The average molecular weight is 485 g/mol. The molecule has 1 atom stereocenters. The number of hydrogen-bond donors (Lipinski definition) is 1. The van der Waals surface area contributed by atoms with Gasteiger partial charge < -0.3 is 19.5 Å². The van der Waals surface area contributed by atoms with E-state index < -0.39 is 0 Å². The van der Waals surface area contributed by atoms with E-state index in [0.717, 1.165) is 35.1 Å². The number of pyridine rings is 2. The molecule has 2 heterocycles. The zero-order valence-corrected chi connectivity index (χ0v) is 20.8. The maximum absolute atomic E-state index is 12.6. The molecule has 186 valence electrons. The molecule has 7 heteroatoms. The van der Waals surface area contributed by atoms with Crippen molar-refractivity contribution < 1.29 is 9.53 Å². The van der Waals surface area contributed by atoms with Gasteiger partial charge in [0, 0.05) is 62.6 Å². The molecule has 0 aliphatic carbocycles. The lowest BCUT2D eigenvalue weighted by Crippen LogP contribution is -2.35. The Balaban J connectivity index is 1.30. The Kier molecular flexibility index (Phi) is 8.47. The largest absolute Gasteiger partial charge is 0.494 e. The molecule has 2 aromatic heterocycles. The van der Waals surface area contributed by atoms with Gasteiger partial charge in [-0.05, 0) is 66.9 Å². The number of aryl methyl sites for hydroxylation is 1. The van der Waals surface area contributed by atoms with Crippen molar-refractivity contribution >= 4 is 16.8 Å². The second-order valence-corrected chi connectivity index (χ2v) is 8.82. The van der Waals surface area contributed by atoms with Crippen molar-refractivity contribution in [2.45, 2.75) is 18.9 Å². The summed E-state index contributed by atoms with van der Waals surface area (Å²) in [6.45, 7) is 1.85. The van der Waals surface area contributed by atoms with E-state index in [1.165, 1.54) is 0 Å². The lowest BCUT2D eigenvalue weighted by atomic mass is 10.0. The van der Waals surface area contributed by atoms with Crippen LogP contribution in [0.15, 0.2) is 90.0 Å². The Hall–Kier alpha value is -3.97. The summed E-state index contributed by atoms with van der Waals surface area (Å²) in [6, 6.07) is 22.7. The van der Waals surface area contributed by atoms with Crippen LogP contribution in [0.5, 0.6) is 5.75 Å². The number of rotatable bonds is 11. The second kappa shape index (κ2) is 12.1. The molecule has 0 fully saturated rings. The molecular formula is C29H32N4O3. The van der Waals surface area contributed by atoms with E-state index in [1.54, 1.807) is 35.0 Å². The third-order valence-electron chi connectivity index (χ3n) is 6.32. The zero-order valence-electron chi connectivity index (χ0n) is 20.8. The van der Waals surface area contributed by atoms with Crippen LogP contribution >= 0.6 is 0 Å².